The number of carbonyl (C=O) groups excluding carboxylic acids is 2. The Bertz CT molecular complexity index is 856. The van der Waals surface area contributed by atoms with Gasteiger partial charge in [0.1, 0.15) is 16.8 Å². The summed E-state index contributed by atoms with van der Waals surface area (Å²) in [6, 6.07) is 12.3. The number of ether oxygens (including phenoxy) is 1. The number of benzene rings is 2. The molecule has 0 aliphatic carbocycles. The number of hydrogen-bond acceptors (Lipinski definition) is 5. The van der Waals surface area contributed by atoms with E-state index in [1.165, 1.54) is 29.2 Å². The number of rotatable bonds is 6. The van der Waals surface area contributed by atoms with E-state index in [1.54, 1.807) is 24.3 Å². The van der Waals surface area contributed by atoms with E-state index in [-0.39, 0.29) is 23.4 Å². The molecule has 1 heterocycles. The molecule has 0 bridgehead atoms. The predicted molar refractivity (Wildman–Crippen MR) is 104 cm³/mol. The number of amides is 2. The zero-order valence-corrected chi connectivity index (χ0v) is 15.4. The molecule has 2 amide bonds. The lowest BCUT2D eigenvalue weighted by Crippen LogP contribution is -2.33. The van der Waals surface area contributed by atoms with Crippen LogP contribution in [0.5, 0.6) is 5.75 Å². The Morgan fingerprint density at radius 3 is 2.52 bits per heavy atom. The van der Waals surface area contributed by atoms with Gasteiger partial charge in [-0.15, -0.1) is 0 Å². The minimum atomic E-state index is -0.676. The van der Waals surface area contributed by atoms with Crippen LogP contribution in [0.1, 0.15) is 13.3 Å². The van der Waals surface area contributed by atoms with Crippen molar-refractivity contribution in [2.75, 3.05) is 16.8 Å². The standard InChI is InChI=1S/C19H18FN3O3S/c1-2-26-15-9-7-14(8-10-15)23-18(25)16(27-19(23)21)11-17(24)22-13-5-3-12(20)4-6-13/h3-10,16,21H,2,11H2,1H3,(H,22,24). The fraction of sp³-hybridized carbons (Fsp3) is 0.211. The van der Waals surface area contributed by atoms with E-state index in [2.05, 4.69) is 5.32 Å². The highest BCUT2D eigenvalue weighted by Crippen LogP contribution is 2.33. The molecule has 2 N–H and O–H groups in total. The van der Waals surface area contributed by atoms with E-state index >= 15 is 0 Å². The molecule has 0 saturated carbocycles. The van der Waals surface area contributed by atoms with Crippen molar-refractivity contribution in [1.29, 1.82) is 5.41 Å². The number of halogens is 1. The summed E-state index contributed by atoms with van der Waals surface area (Å²) >= 11 is 1.04. The first-order valence-electron chi connectivity index (χ1n) is 8.35. The van der Waals surface area contributed by atoms with Crippen LogP contribution in [0, 0.1) is 11.2 Å². The number of hydrogen-bond donors (Lipinski definition) is 2. The quantitative estimate of drug-likeness (QED) is 0.793. The summed E-state index contributed by atoms with van der Waals surface area (Å²) in [4.78, 5) is 26.1. The molecule has 0 radical (unpaired) electrons. The summed E-state index contributed by atoms with van der Waals surface area (Å²) < 4.78 is 18.3. The molecular formula is C19H18FN3O3S. The molecule has 2 aromatic rings. The van der Waals surface area contributed by atoms with Gasteiger partial charge in [0.15, 0.2) is 5.17 Å². The maximum absolute atomic E-state index is 12.9. The molecule has 1 fully saturated rings. The summed E-state index contributed by atoms with van der Waals surface area (Å²) in [5, 5.41) is 10.1. The van der Waals surface area contributed by atoms with Gasteiger partial charge in [-0.2, -0.15) is 0 Å². The molecule has 1 aliphatic rings. The van der Waals surface area contributed by atoms with Crippen molar-refractivity contribution in [3.8, 4) is 5.75 Å². The Balaban J connectivity index is 1.64. The monoisotopic (exact) mass is 387 g/mol. The molecule has 1 aliphatic heterocycles. The maximum Gasteiger partial charge on any atom is 0.247 e. The highest BCUT2D eigenvalue weighted by Gasteiger charge is 2.39. The predicted octanol–water partition coefficient (Wildman–Crippen LogP) is 3.64. The van der Waals surface area contributed by atoms with Gasteiger partial charge in [0.2, 0.25) is 11.8 Å². The van der Waals surface area contributed by atoms with Gasteiger partial charge in [-0.25, -0.2) is 4.39 Å². The molecular weight excluding hydrogens is 369 g/mol. The third-order valence-corrected chi connectivity index (χ3v) is 4.92. The minimum Gasteiger partial charge on any atom is -0.494 e. The van der Waals surface area contributed by atoms with Gasteiger partial charge in [-0.05, 0) is 55.5 Å². The largest absolute Gasteiger partial charge is 0.494 e. The second-order valence-corrected chi connectivity index (χ2v) is 6.96. The summed E-state index contributed by atoms with van der Waals surface area (Å²) in [6.45, 7) is 2.42. The lowest BCUT2D eigenvalue weighted by atomic mass is 10.2. The molecule has 8 heteroatoms. The molecule has 1 atom stereocenters. The van der Waals surface area contributed by atoms with Crippen molar-refractivity contribution in [2.45, 2.75) is 18.6 Å². The second-order valence-electron chi connectivity index (χ2n) is 5.77. The van der Waals surface area contributed by atoms with Gasteiger partial charge >= 0.3 is 0 Å². The van der Waals surface area contributed by atoms with E-state index < -0.39 is 11.1 Å². The van der Waals surface area contributed by atoms with Crippen LogP contribution in [0.2, 0.25) is 0 Å². The zero-order chi connectivity index (χ0) is 19.4. The van der Waals surface area contributed by atoms with Gasteiger partial charge in [-0.3, -0.25) is 19.9 Å². The first-order chi connectivity index (χ1) is 13.0. The summed E-state index contributed by atoms with van der Waals surface area (Å²) in [5.41, 5.74) is 1.01. The van der Waals surface area contributed by atoms with Crippen molar-refractivity contribution in [3.63, 3.8) is 0 Å². The van der Waals surface area contributed by atoms with Crippen LogP contribution < -0.4 is 15.0 Å². The SMILES string of the molecule is CCOc1ccc(N2C(=N)SC(CC(=O)Nc3ccc(F)cc3)C2=O)cc1. The number of thioether (sulfide) groups is 1. The Hall–Kier alpha value is -2.87. The van der Waals surface area contributed by atoms with Crippen LogP contribution in [0.4, 0.5) is 15.8 Å². The lowest BCUT2D eigenvalue weighted by Gasteiger charge is -2.16. The lowest BCUT2D eigenvalue weighted by molar-refractivity contribution is -0.121. The van der Waals surface area contributed by atoms with Gasteiger partial charge < -0.3 is 10.1 Å². The summed E-state index contributed by atoms with van der Waals surface area (Å²) in [6.07, 6.45) is -0.0726. The first kappa shape index (κ1) is 18.9. The van der Waals surface area contributed by atoms with Gasteiger partial charge in [0.05, 0.1) is 12.3 Å². The van der Waals surface area contributed by atoms with E-state index in [4.69, 9.17) is 10.1 Å². The van der Waals surface area contributed by atoms with Crippen molar-refractivity contribution in [1.82, 2.24) is 0 Å². The molecule has 27 heavy (non-hydrogen) atoms. The molecule has 0 aromatic heterocycles. The molecule has 1 unspecified atom stereocenters. The molecule has 2 aromatic carbocycles. The van der Waals surface area contributed by atoms with E-state index in [0.717, 1.165) is 11.8 Å². The maximum atomic E-state index is 12.9. The van der Waals surface area contributed by atoms with E-state index in [9.17, 15) is 14.0 Å². The molecule has 140 valence electrons. The Morgan fingerprint density at radius 2 is 1.89 bits per heavy atom. The smallest absolute Gasteiger partial charge is 0.247 e. The Labute approximate surface area is 160 Å². The third kappa shape index (κ3) is 4.46. The van der Waals surface area contributed by atoms with Crippen LogP contribution >= 0.6 is 11.8 Å². The topological polar surface area (TPSA) is 82.5 Å². The zero-order valence-electron chi connectivity index (χ0n) is 14.6. The average Bonchev–Trinajstić information content (AvgIpc) is 2.91. The molecule has 6 nitrogen and oxygen atoms in total. The van der Waals surface area contributed by atoms with Crippen LogP contribution in [-0.4, -0.2) is 28.8 Å². The number of anilines is 2. The number of carbonyl (C=O) groups is 2. The molecule has 3 rings (SSSR count). The van der Waals surface area contributed by atoms with E-state index in [0.29, 0.717) is 23.7 Å². The van der Waals surface area contributed by atoms with Crippen molar-refractivity contribution in [2.24, 2.45) is 0 Å². The van der Waals surface area contributed by atoms with Gasteiger partial charge in [0, 0.05) is 12.1 Å². The molecule has 0 spiro atoms. The average molecular weight is 387 g/mol. The van der Waals surface area contributed by atoms with Crippen LogP contribution in [0.15, 0.2) is 48.5 Å². The fourth-order valence-corrected chi connectivity index (χ4v) is 3.64. The van der Waals surface area contributed by atoms with Crippen molar-refractivity contribution < 1.29 is 18.7 Å². The van der Waals surface area contributed by atoms with Crippen molar-refractivity contribution in [3.05, 3.63) is 54.3 Å². The van der Waals surface area contributed by atoms with Crippen LogP contribution in [0.25, 0.3) is 0 Å². The van der Waals surface area contributed by atoms with Crippen LogP contribution in [0.3, 0.4) is 0 Å². The van der Waals surface area contributed by atoms with Gasteiger partial charge in [-0.1, -0.05) is 11.8 Å². The van der Waals surface area contributed by atoms with E-state index in [1.807, 2.05) is 6.92 Å². The highest BCUT2D eigenvalue weighted by molar-refractivity contribution is 8.16. The first-order valence-corrected chi connectivity index (χ1v) is 9.23. The second kappa shape index (κ2) is 8.22. The normalized spacial score (nSPS) is 16.5. The fourth-order valence-electron chi connectivity index (χ4n) is 2.63. The third-order valence-electron chi connectivity index (χ3n) is 3.86. The number of nitrogens with one attached hydrogen (secondary N) is 2. The molecule has 1 saturated heterocycles. The number of nitrogens with zero attached hydrogens (tertiary/aromatic N) is 1. The van der Waals surface area contributed by atoms with Crippen LogP contribution in [-0.2, 0) is 9.59 Å². The summed E-state index contributed by atoms with van der Waals surface area (Å²) in [5.74, 6) is -0.395. The van der Waals surface area contributed by atoms with Gasteiger partial charge in [0.25, 0.3) is 0 Å². The highest BCUT2D eigenvalue weighted by atomic mass is 32.2. The Morgan fingerprint density at radius 1 is 1.22 bits per heavy atom. The summed E-state index contributed by atoms with van der Waals surface area (Å²) in [7, 11) is 0. The van der Waals surface area contributed by atoms with Crippen molar-refractivity contribution >= 4 is 40.1 Å². The number of amidine groups is 1. The minimum absolute atomic E-state index is 0.0726. The Kier molecular flexibility index (Phi) is 5.75.